The highest BCUT2D eigenvalue weighted by molar-refractivity contribution is 7.85. The minimum Gasteiger partial charge on any atom is -0.508 e. The molecule has 2 aliphatic rings. The number of phenolic OH excluding ortho intramolecular Hbond substituents is 5. The molecular weight excluding hydrogens is 884 g/mol. The van der Waals surface area contributed by atoms with Crippen molar-refractivity contribution in [3.8, 4) is 40.1 Å². The Kier molecular flexibility index (Phi) is 26.5. The summed E-state index contributed by atoms with van der Waals surface area (Å²) in [7, 11) is 11.2. The van der Waals surface area contributed by atoms with Crippen molar-refractivity contribution < 1.29 is 52.5 Å². The predicted molar refractivity (Wildman–Crippen MR) is 214 cm³/mol. The van der Waals surface area contributed by atoms with Gasteiger partial charge in [0.2, 0.25) is 5.24 Å². The highest BCUT2D eigenvalue weighted by Gasteiger charge is 2.15. The predicted octanol–water partition coefficient (Wildman–Crippen LogP) is 8.78. The van der Waals surface area contributed by atoms with Crippen LogP contribution in [0.1, 0.15) is 23.3 Å². The van der Waals surface area contributed by atoms with E-state index in [1.165, 1.54) is 48.5 Å². The number of ketones is 1. The molecule has 1 aliphatic heterocycles. The summed E-state index contributed by atoms with van der Waals surface area (Å²) in [5.41, 5.74) is 2.24. The SMILES string of the molecule is C.CS(=O)(=O)O.O=C(CCl)c1ccc(O)cc1O.O=C(Cl)CCl.O=c1ccc2c(CCl)c3ccc(O)cc3oc-2c1.Oc1cccc(O)c1.[Cl][Al]([Cl])[Cl]. The highest BCUT2D eigenvalue weighted by atomic mass is 35.8. The van der Waals surface area contributed by atoms with Crippen LogP contribution >= 0.6 is 76.6 Å². The number of Topliss-reactive ketones (excluding diaryl/α,β-unsaturated/α-hetero) is 1. The molecule has 21 heteroatoms. The third kappa shape index (κ3) is 23.5. The Hall–Kier alpha value is -2.84. The third-order valence-corrected chi connectivity index (χ3v) is 6.28. The minimum absolute atomic E-state index is 0. The van der Waals surface area contributed by atoms with Gasteiger partial charge in [0.25, 0.3) is 10.1 Å². The zero-order valence-electron chi connectivity index (χ0n) is 26.4. The van der Waals surface area contributed by atoms with Gasteiger partial charge in [0, 0.05) is 41.1 Å². The molecule has 0 aromatic heterocycles. The number of rotatable bonds is 4. The summed E-state index contributed by atoms with van der Waals surface area (Å²) < 4.78 is 31.5. The first-order valence-electron chi connectivity index (χ1n) is 13.6. The molecule has 0 spiro atoms. The summed E-state index contributed by atoms with van der Waals surface area (Å²) in [6.45, 7) is 0. The summed E-state index contributed by atoms with van der Waals surface area (Å²) in [6, 6.07) is 19.1. The van der Waals surface area contributed by atoms with E-state index in [4.69, 9.17) is 106 Å². The number of fused-ring (bicyclic) bond motifs is 2. The average Bonchev–Trinajstić information content (AvgIpc) is 3.03. The second-order valence-electron chi connectivity index (χ2n) is 9.30. The Balaban J connectivity index is 0. The van der Waals surface area contributed by atoms with E-state index in [0.29, 0.717) is 23.5 Å². The molecule has 0 radical (unpaired) electrons. The molecule has 1 heterocycles. The highest BCUT2D eigenvalue weighted by Crippen LogP contribution is 2.34. The first-order valence-corrected chi connectivity index (χ1v) is 22.6. The lowest BCUT2D eigenvalue weighted by atomic mass is 10.0. The van der Waals surface area contributed by atoms with Crippen molar-refractivity contribution in [2.45, 2.75) is 13.3 Å². The first kappa shape index (κ1) is 52.3. The molecule has 0 fully saturated rings. The van der Waals surface area contributed by atoms with E-state index in [0.717, 1.165) is 22.6 Å². The van der Waals surface area contributed by atoms with Crippen molar-refractivity contribution in [3.63, 3.8) is 0 Å². The molecule has 1 aliphatic carbocycles. The van der Waals surface area contributed by atoms with E-state index in [1.54, 1.807) is 24.3 Å². The van der Waals surface area contributed by atoms with Crippen molar-refractivity contribution in [1.29, 1.82) is 0 Å². The molecule has 0 saturated heterocycles. The van der Waals surface area contributed by atoms with Gasteiger partial charge in [-0.1, -0.05) is 13.5 Å². The number of carbonyl (C=O) groups is 2. The molecule has 3 aromatic carbocycles. The summed E-state index contributed by atoms with van der Waals surface area (Å²) in [4.78, 5) is 31.8. The molecule has 5 rings (SSSR count). The van der Waals surface area contributed by atoms with Gasteiger partial charge in [-0.15, -0.1) is 34.8 Å². The quantitative estimate of drug-likeness (QED) is 0.0249. The molecule has 0 unspecified atom stereocenters. The maximum absolute atomic E-state index is 11.3. The number of hydrogen-bond acceptors (Lipinski definition) is 11. The Morgan fingerprint density at radius 1 is 0.755 bits per heavy atom. The maximum atomic E-state index is 11.3. The van der Waals surface area contributed by atoms with Crippen LogP contribution in [0.5, 0.6) is 28.7 Å². The van der Waals surface area contributed by atoms with Crippen molar-refractivity contribution in [2.24, 2.45) is 0 Å². The van der Waals surface area contributed by atoms with Crippen LogP contribution in [0.15, 0.2) is 88.1 Å². The number of hydrogen-bond donors (Lipinski definition) is 6. The molecular formula is C32H32AlCl7O12S. The van der Waals surface area contributed by atoms with Gasteiger partial charge in [-0.3, -0.25) is 18.9 Å². The fraction of sp³-hybridized carbons (Fsp3) is 0.156. The second kappa shape index (κ2) is 26.9. The van der Waals surface area contributed by atoms with Gasteiger partial charge in [0.1, 0.15) is 40.1 Å². The van der Waals surface area contributed by atoms with Crippen LogP contribution in [0.3, 0.4) is 0 Å². The lowest BCUT2D eigenvalue weighted by molar-refractivity contribution is -0.109. The standard InChI is InChI=1S/C14H9ClO3.C8H7ClO3.C6H6O2.C2H2Cl2O.CH4O3S.CH4.Al.3ClH/c15-7-12-10-3-1-8(16)5-13(10)18-14-6-9(17)2-4-11(12)14;9-4-8(12)6-2-1-5(10)3-7(6)11;7-5-2-1-3-6(8)4-5;3-1-2(4)5;1-5(2,3)4;;;;;/h1-6,16H,7H2;1-3,10-11H,4H2;1-4,7-8H;1H2;1H3,(H,2,3,4);1H4;;3*1H/q;;;;;;+3;;;/p-3. The van der Waals surface area contributed by atoms with Crippen molar-refractivity contribution >= 4 is 120 Å². The molecule has 0 amide bonds. The molecule has 0 bridgehead atoms. The largest absolute Gasteiger partial charge is 0.643 e. The molecule has 290 valence electrons. The third-order valence-electron chi connectivity index (χ3n) is 5.26. The summed E-state index contributed by atoms with van der Waals surface area (Å²) in [5, 5.41) is 45.1. The second-order valence-corrected chi connectivity index (χ2v) is 18.4. The molecule has 12 nitrogen and oxygen atoms in total. The van der Waals surface area contributed by atoms with Gasteiger partial charge in [-0.05, 0) is 65.7 Å². The van der Waals surface area contributed by atoms with Gasteiger partial charge in [-0.2, -0.15) is 8.42 Å². The molecule has 0 saturated carbocycles. The van der Waals surface area contributed by atoms with E-state index < -0.39 is 26.7 Å². The number of phenols is 5. The maximum Gasteiger partial charge on any atom is 0.643 e. The zero-order valence-corrected chi connectivity index (χ0v) is 33.7. The van der Waals surface area contributed by atoms with Crippen LogP contribution in [-0.2, 0) is 20.8 Å². The van der Waals surface area contributed by atoms with Crippen LogP contribution in [0.25, 0.3) is 22.3 Å². The fourth-order valence-electron chi connectivity index (χ4n) is 3.41. The number of halogens is 7. The lowest BCUT2D eigenvalue weighted by Crippen LogP contribution is -2.00. The van der Waals surface area contributed by atoms with Crippen LogP contribution in [0.2, 0.25) is 0 Å². The number of carbonyl (C=O) groups excluding carboxylic acids is 2. The molecule has 0 atom stereocenters. The molecule has 3 aromatic rings. The van der Waals surface area contributed by atoms with Gasteiger partial charge in [0.15, 0.2) is 11.2 Å². The molecule has 53 heavy (non-hydrogen) atoms. The molecule has 6 N–H and O–H groups in total. The number of alkyl halides is 3. The van der Waals surface area contributed by atoms with Gasteiger partial charge < -0.3 is 29.9 Å². The average molecular weight is 916 g/mol. The first-order chi connectivity index (χ1) is 24.1. The van der Waals surface area contributed by atoms with E-state index in [9.17, 15) is 27.9 Å². The smallest absolute Gasteiger partial charge is 0.508 e. The Morgan fingerprint density at radius 3 is 1.64 bits per heavy atom. The van der Waals surface area contributed by atoms with Gasteiger partial charge >= 0.3 is 11.4 Å². The van der Waals surface area contributed by atoms with Crippen LogP contribution in [0, 0.1) is 0 Å². The normalized spacial score (nSPS) is 9.68. The van der Waals surface area contributed by atoms with E-state index in [2.05, 4.69) is 0 Å². The van der Waals surface area contributed by atoms with E-state index >= 15 is 0 Å². The number of benzene rings is 4. The Bertz CT molecular complexity index is 2000. The number of aromatic hydroxyl groups is 5. The zero-order chi connectivity index (χ0) is 40.2. The fourth-order valence-corrected chi connectivity index (χ4v) is 3.84. The van der Waals surface area contributed by atoms with Gasteiger partial charge in [0.05, 0.1) is 23.6 Å². The van der Waals surface area contributed by atoms with Crippen molar-refractivity contribution in [3.05, 3.63) is 100 Å². The lowest BCUT2D eigenvalue weighted by Gasteiger charge is -2.12. The Morgan fingerprint density at radius 2 is 1.23 bits per heavy atom. The summed E-state index contributed by atoms with van der Waals surface area (Å²) in [6.07, 6.45) is 0.715. The Labute approximate surface area is 341 Å². The topological polar surface area (TPSA) is 220 Å². The van der Waals surface area contributed by atoms with Gasteiger partial charge in [-0.25, -0.2) is 30.1 Å². The van der Waals surface area contributed by atoms with E-state index in [1.807, 2.05) is 0 Å². The van der Waals surface area contributed by atoms with Crippen molar-refractivity contribution in [2.75, 3.05) is 18.0 Å². The summed E-state index contributed by atoms with van der Waals surface area (Å²) in [5.74, 6) is 0.107. The van der Waals surface area contributed by atoms with Crippen LogP contribution < -0.4 is 5.43 Å². The van der Waals surface area contributed by atoms with Crippen molar-refractivity contribution in [1.82, 2.24) is 0 Å². The van der Waals surface area contributed by atoms with E-state index in [-0.39, 0.29) is 64.7 Å². The van der Waals surface area contributed by atoms with Crippen LogP contribution in [-0.4, -0.2) is 78.9 Å². The minimum atomic E-state index is -3.67. The summed E-state index contributed by atoms with van der Waals surface area (Å²) >= 11 is 19.1. The van der Waals surface area contributed by atoms with Crippen LogP contribution in [0.4, 0.5) is 0 Å². The monoisotopic (exact) mass is 912 g/mol.